The van der Waals surface area contributed by atoms with Crippen LogP contribution in [0.4, 0.5) is 4.39 Å². The molecule has 16 heavy (non-hydrogen) atoms. The van der Waals surface area contributed by atoms with Crippen LogP contribution in [0.3, 0.4) is 0 Å². The van der Waals surface area contributed by atoms with Crippen molar-refractivity contribution in [3.8, 4) is 5.75 Å². The van der Waals surface area contributed by atoms with Gasteiger partial charge in [0.05, 0.1) is 0 Å². The summed E-state index contributed by atoms with van der Waals surface area (Å²) in [5.41, 5.74) is 0. The summed E-state index contributed by atoms with van der Waals surface area (Å²) in [5.74, 6) is -2.30. The molecule has 3 nitrogen and oxygen atoms in total. The highest BCUT2D eigenvalue weighted by atomic mass is 35.5. The van der Waals surface area contributed by atoms with Crippen LogP contribution in [0.1, 0.15) is 0 Å². The third-order valence-corrected chi connectivity index (χ3v) is 3.03. The highest BCUT2D eigenvalue weighted by Gasteiger charge is 2.73. The van der Waals surface area contributed by atoms with Crippen LogP contribution in [-0.4, -0.2) is 22.3 Å². The van der Waals surface area contributed by atoms with Crippen molar-refractivity contribution in [1.29, 1.82) is 0 Å². The van der Waals surface area contributed by atoms with Crippen molar-refractivity contribution < 1.29 is 19.0 Å². The number of halogens is 3. The summed E-state index contributed by atoms with van der Waals surface area (Å²) in [6.45, 7) is 0. The van der Waals surface area contributed by atoms with E-state index < -0.39 is 23.1 Å². The number of carboxylic acids is 1. The van der Waals surface area contributed by atoms with Gasteiger partial charge in [-0.25, -0.2) is 4.39 Å². The van der Waals surface area contributed by atoms with Gasteiger partial charge in [0, 0.05) is 5.02 Å². The van der Waals surface area contributed by atoms with Gasteiger partial charge in [0.15, 0.2) is 6.10 Å². The largest absolute Gasteiger partial charge is 0.485 e. The van der Waals surface area contributed by atoms with Crippen molar-refractivity contribution in [2.45, 2.75) is 11.2 Å². The van der Waals surface area contributed by atoms with Crippen molar-refractivity contribution in [3.05, 3.63) is 29.3 Å². The number of rotatable bonds is 3. The molecule has 3 atom stereocenters. The van der Waals surface area contributed by atoms with Crippen LogP contribution >= 0.6 is 23.2 Å². The third-order valence-electron chi connectivity index (χ3n) is 2.33. The van der Waals surface area contributed by atoms with Gasteiger partial charge in [0.1, 0.15) is 11.7 Å². The first kappa shape index (κ1) is 11.5. The van der Waals surface area contributed by atoms with Crippen molar-refractivity contribution in [2.24, 2.45) is 5.92 Å². The number of carbonyl (C=O) groups is 1. The first-order valence-corrected chi connectivity index (χ1v) is 5.21. The second kappa shape index (κ2) is 3.79. The average Bonchev–Trinajstić information content (AvgIpc) is 2.72. The van der Waals surface area contributed by atoms with E-state index in [0.29, 0.717) is 10.8 Å². The Kier molecular flexibility index (Phi) is 2.72. The number of carboxylic acid groups (broad SMARTS) is 1. The molecule has 1 fully saturated rings. The average molecular weight is 265 g/mol. The maximum Gasteiger partial charge on any atom is 0.315 e. The molecule has 1 aromatic carbocycles. The van der Waals surface area contributed by atoms with Gasteiger partial charge in [0.2, 0.25) is 5.13 Å². The lowest BCUT2D eigenvalue weighted by Crippen LogP contribution is -2.07. The molecule has 0 aliphatic heterocycles. The zero-order valence-corrected chi connectivity index (χ0v) is 9.37. The summed E-state index contributed by atoms with van der Waals surface area (Å²) >= 11 is 11.0. The van der Waals surface area contributed by atoms with Gasteiger partial charge in [-0.1, -0.05) is 23.2 Å². The van der Waals surface area contributed by atoms with Crippen LogP contribution in [0, 0.1) is 5.92 Å². The molecule has 6 heteroatoms. The van der Waals surface area contributed by atoms with E-state index in [1.54, 1.807) is 12.1 Å². The van der Waals surface area contributed by atoms with Crippen LogP contribution in [-0.2, 0) is 4.79 Å². The summed E-state index contributed by atoms with van der Waals surface area (Å²) in [4.78, 5) is 10.6. The third kappa shape index (κ3) is 1.95. The summed E-state index contributed by atoms with van der Waals surface area (Å²) in [6, 6.07) is 6.16. The summed E-state index contributed by atoms with van der Waals surface area (Å²) in [5, 5.41) is 6.84. The molecule has 86 valence electrons. The predicted octanol–water partition coefficient (Wildman–Crippen LogP) is 2.71. The van der Waals surface area contributed by atoms with Crippen LogP contribution in [0.25, 0.3) is 0 Å². The highest BCUT2D eigenvalue weighted by Crippen LogP contribution is 2.53. The van der Waals surface area contributed by atoms with E-state index in [1.165, 1.54) is 12.1 Å². The molecule has 0 aromatic heterocycles. The van der Waals surface area contributed by atoms with E-state index >= 15 is 0 Å². The van der Waals surface area contributed by atoms with E-state index in [9.17, 15) is 9.18 Å². The molecule has 0 heterocycles. The topological polar surface area (TPSA) is 46.5 Å². The fraction of sp³-hybridized carbons (Fsp3) is 0.300. The number of benzene rings is 1. The molecule has 1 saturated carbocycles. The quantitative estimate of drug-likeness (QED) is 0.854. The summed E-state index contributed by atoms with van der Waals surface area (Å²) in [7, 11) is 0. The van der Waals surface area contributed by atoms with Gasteiger partial charge in [-0.05, 0) is 24.3 Å². The van der Waals surface area contributed by atoms with Gasteiger partial charge < -0.3 is 9.84 Å². The fourth-order valence-electron chi connectivity index (χ4n) is 1.40. The Bertz CT molecular complexity index is 419. The standard InChI is InChI=1S/C10H7Cl2FO3/c11-5-1-3-6(4-2-5)16-8-7(9(14)15)10(8,12)13/h1-4,7-8H,(H,14,15). The number of alkyl halides is 2. The number of ether oxygens (including phenoxy) is 1. The Morgan fingerprint density at radius 1 is 1.44 bits per heavy atom. The first-order valence-electron chi connectivity index (χ1n) is 4.46. The molecular formula is C10H7Cl2FO3. The Labute approximate surface area is 101 Å². The molecule has 0 amide bonds. The fourth-order valence-corrected chi connectivity index (χ4v) is 1.84. The zero-order valence-electron chi connectivity index (χ0n) is 7.86. The predicted molar refractivity (Wildman–Crippen MR) is 56.7 cm³/mol. The van der Waals surface area contributed by atoms with Crippen LogP contribution in [0.2, 0.25) is 5.02 Å². The number of hydrogen-bond acceptors (Lipinski definition) is 2. The molecule has 0 bridgehead atoms. The van der Waals surface area contributed by atoms with Crippen molar-refractivity contribution in [3.63, 3.8) is 0 Å². The lowest BCUT2D eigenvalue weighted by molar-refractivity contribution is -0.139. The normalized spacial score (nSPS) is 32.2. The Morgan fingerprint density at radius 2 is 2.00 bits per heavy atom. The summed E-state index contributed by atoms with van der Waals surface area (Å²) < 4.78 is 18.5. The van der Waals surface area contributed by atoms with E-state index in [0.717, 1.165) is 0 Å². The van der Waals surface area contributed by atoms with E-state index in [-0.39, 0.29) is 0 Å². The Morgan fingerprint density at radius 3 is 2.44 bits per heavy atom. The molecule has 0 radical (unpaired) electrons. The molecule has 1 aliphatic rings. The van der Waals surface area contributed by atoms with Crippen molar-refractivity contribution >= 4 is 29.2 Å². The lowest BCUT2D eigenvalue weighted by atomic mass is 10.3. The minimum Gasteiger partial charge on any atom is -0.485 e. The molecule has 1 aliphatic carbocycles. The lowest BCUT2D eigenvalue weighted by Gasteiger charge is -2.04. The van der Waals surface area contributed by atoms with E-state index in [1.807, 2.05) is 0 Å². The van der Waals surface area contributed by atoms with Gasteiger partial charge >= 0.3 is 5.97 Å². The second-order valence-electron chi connectivity index (χ2n) is 3.48. The zero-order chi connectivity index (χ0) is 11.9. The Hall–Kier alpha value is -1.000. The van der Waals surface area contributed by atoms with E-state index in [4.69, 9.17) is 33.0 Å². The second-order valence-corrected chi connectivity index (χ2v) is 4.50. The van der Waals surface area contributed by atoms with Gasteiger partial charge in [-0.2, -0.15) is 0 Å². The maximum atomic E-state index is 13.4. The van der Waals surface area contributed by atoms with Crippen LogP contribution in [0.15, 0.2) is 24.3 Å². The monoisotopic (exact) mass is 264 g/mol. The smallest absolute Gasteiger partial charge is 0.315 e. The SMILES string of the molecule is O=C(O)C1C(Oc2ccc(Cl)cc2)C1(F)Cl. The molecule has 0 saturated heterocycles. The summed E-state index contributed by atoms with van der Waals surface area (Å²) in [6.07, 6.45) is -1.16. The van der Waals surface area contributed by atoms with Crippen molar-refractivity contribution in [2.75, 3.05) is 0 Å². The Balaban J connectivity index is 2.07. The molecular weight excluding hydrogens is 258 g/mol. The molecule has 0 spiro atoms. The van der Waals surface area contributed by atoms with Crippen LogP contribution < -0.4 is 4.74 Å². The molecule has 1 aromatic rings. The molecule has 3 unspecified atom stereocenters. The highest BCUT2D eigenvalue weighted by molar-refractivity contribution is 6.30. The first-order chi connectivity index (χ1) is 7.43. The minimum absolute atomic E-state index is 0.334. The van der Waals surface area contributed by atoms with Crippen LogP contribution in [0.5, 0.6) is 5.75 Å². The number of aliphatic carboxylic acids is 1. The van der Waals surface area contributed by atoms with Gasteiger partial charge in [-0.15, -0.1) is 0 Å². The van der Waals surface area contributed by atoms with E-state index in [2.05, 4.69) is 0 Å². The van der Waals surface area contributed by atoms with Gasteiger partial charge in [0.25, 0.3) is 0 Å². The van der Waals surface area contributed by atoms with Gasteiger partial charge in [-0.3, -0.25) is 4.79 Å². The minimum atomic E-state index is -2.33. The molecule has 2 rings (SSSR count). The number of hydrogen-bond donors (Lipinski definition) is 1. The molecule has 1 N–H and O–H groups in total. The van der Waals surface area contributed by atoms with Crippen molar-refractivity contribution in [1.82, 2.24) is 0 Å². The maximum absolute atomic E-state index is 13.4.